The number of aliphatic hydroxyl groups excluding tert-OH is 1. The highest BCUT2D eigenvalue weighted by Crippen LogP contribution is 2.31. The molecule has 2 unspecified atom stereocenters. The van der Waals surface area contributed by atoms with Crippen LogP contribution in [0.2, 0.25) is 0 Å². The zero-order valence-electron chi connectivity index (χ0n) is 18.3. The summed E-state index contributed by atoms with van der Waals surface area (Å²) in [6, 6.07) is 4.95. The third-order valence-electron chi connectivity index (χ3n) is 5.81. The van der Waals surface area contributed by atoms with Crippen molar-refractivity contribution in [2.45, 2.75) is 38.6 Å². The first-order valence-corrected chi connectivity index (χ1v) is 10.9. The second kappa shape index (κ2) is 9.72. The van der Waals surface area contributed by atoms with Crippen molar-refractivity contribution in [1.82, 2.24) is 14.8 Å². The molecule has 0 spiro atoms. The summed E-state index contributed by atoms with van der Waals surface area (Å²) in [4.78, 5) is 40.8. The summed E-state index contributed by atoms with van der Waals surface area (Å²) in [5.41, 5.74) is -0.408. The van der Waals surface area contributed by atoms with E-state index in [0.29, 0.717) is 18.6 Å². The number of pyridine rings is 1. The zero-order valence-corrected chi connectivity index (χ0v) is 18.3. The van der Waals surface area contributed by atoms with Gasteiger partial charge in [0.05, 0.1) is 19.8 Å². The summed E-state index contributed by atoms with van der Waals surface area (Å²) in [7, 11) is 0. The summed E-state index contributed by atoms with van der Waals surface area (Å²) in [6.45, 7) is 2.96. The number of aromatic nitrogens is 1. The molecule has 1 aromatic carbocycles. The second-order valence-corrected chi connectivity index (χ2v) is 8.02. The number of benzene rings is 1. The fourth-order valence-electron chi connectivity index (χ4n) is 3.96. The van der Waals surface area contributed by atoms with Gasteiger partial charge in [-0.3, -0.25) is 14.4 Å². The maximum absolute atomic E-state index is 13.2. The van der Waals surface area contributed by atoms with Crippen molar-refractivity contribution in [1.29, 1.82) is 0 Å². The number of amides is 2. The molecule has 1 saturated heterocycles. The second-order valence-electron chi connectivity index (χ2n) is 8.02. The predicted octanol–water partition coefficient (Wildman–Crippen LogP) is 1.44. The number of hydrogen-bond acceptors (Lipinski definition) is 6. The van der Waals surface area contributed by atoms with Gasteiger partial charge < -0.3 is 29.4 Å². The van der Waals surface area contributed by atoms with E-state index in [1.54, 1.807) is 0 Å². The van der Waals surface area contributed by atoms with Crippen LogP contribution in [0.5, 0.6) is 5.75 Å². The van der Waals surface area contributed by atoms with Crippen LogP contribution in [0.4, 0.5) is 4.39 Å². The quantitative estimate of drug-likeness (QED) is 0.607. The topological polar surface area (TPSA) is 110 Å². The SMILES string of the molecule is CCCCOc1c2n(cc(C(=O)NCc3ccc(F)cc3)c1=O)C(O)C1COCCN1C2=O. The van der Waals surface area contributed by atoms with Gasteiger partial charge in [-0.1, -0.05) is 25.5 Å². The molecule has 4 rings (SSSR count). The lowest BCUT2D eigenvalue weighted by Crippen LogP contribution is -2.57. The summed E-state index contributed by atoms with van der Waals surface area (Å²) >= 11 is 0. The van der Waals surface area contributed by atoms with Crippen LogP contribution in [0.15, 0.2) is 35.3 Å². The van der Waals surface area contributed by atoms with Crippen LogP contribution in [0.3, 0.4) is 0 Å². The van der Waals surface area contributed by atoms with Gasteiger partial charge in [0.2, 0.25) is 5.43 Å². The van der Waals surface area contributed by atoms with Crippen LogP contribution < -0.4 is 15.5 Å². The number of ether oxygens (including phenoxy) is 2. The van der Waals surface area contributed by atoms with Crippen molar-refractivity contribution in [3.8, 4) is 5.75 Å². The van der Waals surface area contributed by atoms with E-state index in [9.17, 15) is 23.9 Å². The Kier molecular flexibility index (Phi) is 6.75. The molecule has 3 heterocycles. The molecule has 176 valence electrons. The Hall–Kier alpha value is -3.24. The third-order valence-corrected chi connectivity index (χ3v) is 5.81. The van der Waals surface area contributed by atoms with E-state index in [4.69, 9.17) is 9.47 Å². The number of aliphatic hydroxyl groups is 1. The number of nitrogens with one attached hydrogen (secondary N) is 1. The highest BCUT2D eigenvalue weighted by Gasteiger charge is 2.43. The van der Waals surface area contributed by atoms with Crippen molar-refractivity contribution in [3.63, 3.8) is 0 Å². The van der Waals surface area contributed by atoms with Crippen LogP contribution >= 0.6 is 0 Å². The molecular weight excluding hydrogens is 433 g/mol. The summed E-state index contributed by atoms with van der Waals surface area (Å²) in [5.74, 6) is -1.78. The molecule has 2 amide bonds. The van der Waals surface area contributed by atoms with Gasteiger partial charge in [-0.25, -0.2) is 4.39 Å². The number of unbranched alkanes of at least 4 members (excludes halogenated alkanes) is 1. The largest absolute Gasteiger partial charge is 0.487 e. The molecule has 0 radical (unpaired) electrons. The van der Waals surface area contributed by atoms with E-state index in [1.807, 2.05) is 6.92 Å². The molecule has 2 N–H and O–H groups in total. The summed E-state index contributed by atoms with van der Waals surface area (Å²) < 4.78 is 25.5. The number of fused-ring (bicyclic) bond motifs is 2. The average Bonchev–Trinajstić information content (AvgIpc) is 2.83. The molecular formula is C23H26FN3O6. The smallest absolute Gasteiger partial charge is 0.275 e. The molecule has 0 aliphatic carbocycles. The highest BCUT2D eigenvalue weighted by molar-refractivity contribution is 5.99. The highest BCUT2D eigenvalue weighted by atomic mass is 19.1. The van der Waals surface area contributed by atoms with E-state index in [-0.39, 0.29) is 43.3 Å². The van der Waals surface area contributed by atoms with Gasteiger partial charge in [0.1, 0.15) is 17.4 Å². The van der Waals surface area contributed by atoms with Crippen molar-refractivity contribution in [3.05, 3.63) is 63.3 Å². The summed E-state index contributed by atoms with van der Waals surface area (Å²) in [6.07, 6.45) is 1.44. The Labute approximate surface area is 189 Å². The average molecular weight is 459 g/mol. The van der Waals surface area contributed by atoms with Gasteiger partial charge in [0, 0.05) is 19.3 Å². The number of nitrogens with zero attached hydrogens (tertiary/aromatic N) is 2. The Balaban J connectivity index is 1.70. The third kappa shape index (κ3) is 4.49. The number of rotatable bonds is 7. The molecule has 0 saturated carbocycles. The van der Waals surface area contributed by atoms with Crippen LogP contribution in [-0.4, -0.2) is 58.8 Å². The first kappa shape index (κ1) is 22.9. The number of carbonyl (C=O) groups is 2. The fraction of sp³-hybridized carbons (Fsp3) is 0.435. The maximum atomic E-state index is 13.2. The standard InChI is InChI=1S/C23H26FN3O6/c1-2-3-9-33-20-18-23(31)26-8-10-32-13-17(26)22(30)27(18)12-16(19(20)28)21(29)25-11-14-4-6-15(24)7-5-14/h4-7,12,17,22,30H,2-3,8-11,13H2,1H3,(H,25,29). The van der Waals surface area contributed by atoms with Gasteiger partial charge in [-0.2, -0.15) is 0 Å². The normalized spacial score (nSPS) is 19.6. The first-order valence-electron chi connectivity index (χ1n) is 10.9. The van der Waals surface area contributed by atoms with Crippen molar-refractivity contribution in [2.24, 2.45) is 0 Å². The van der Waals surface area contributed by atoms with Crippen molar-refractivity contribution < 1.29 is 28.6 Å². The van der Waals surface area contributed by atoms with E-state index in [0.717, 1.165) is 6.42 Å². The molecule has 1 fully saturated rings. The Morgan fingerprint density at radius 3 is 2.79 bits per heavy atom. The molecule has 1 aromatic heterocycles. The monoisotopic (exact) mass is 459 g/mol. The van der Waals surface area contributed by atoms with Crippen LogP contribution in [0.25, 0.3) is 0 Å². The van der Waals surface area contributed by atoms with Gasteiger partial charge in [0.25, 0.3) is 11.8 Å². The number of morpholine rings is 1. The maximum Gasteiger partial charge on any atom is 0.275 e. The lowest BCUT2D eigenvalue weighted by Gasteiger charge is -2.43. The molecule has 0 bridgehead atoms. The molecule has 2 atom stereocenters. The minimum atomic E-state index is -1.21. The molecule has 2 aromatic rings. The van der Waals surface area contributed by atoms with Crippen LogP contribution in [-0.2, 0) is 11.3 Å². The van der Waals surface area contributed by atoms with E-state index in [1.165, 1.54) is 39.9 Å². The lowest BCUT2D eigenvalue weighted by molar-refractivity contribution is -0.0814. The first-order chi connectivity index (χ1) is 15.9. The van der Waals surface area contributed by atoms with Crippen molar-refractivity contribution >= 4 is 11.8 Å². The Morgan fingerprint density at radius 1 is 1.30 bits per heavy atom. The Morgan fingerprint density at radius 2 is 2.06 bits per heavy atom. The van der Waals surface area contributed by atoms with E-state index >= 15 is 0 Å². The van der Waals surface area contributed by atoms with E-state index in [2.05, 4.69) is 5.32 Å². The molecule has 2 aliphatic heterocycles. The van der Waals surface area contributed by atoms with Gasteiger partial charge in [-0.05, 0) is 24.1 Å². The predicted molar refractivity (Wildman–Crippen MR) is 116 cm³/mol. The van der Waals surface area contributed by atoms with Crippen LogP contribution in [0.1, 0.15) is 52.4 Å². The molecule has 2 aliphatic rings. The van der Waals surface area contributed by atoms with Gasteiger partial charge in [-0.15, -0.1) is 0 Å². The van der Waals surface area contributed by atoms with Crippen LogP contribution in [0, 0.1) is 5.82 Å². The number of carbonyl (C=O) groups excluding carboxylic acids is 2. The minimum absolute atomic E-state index is 0.0675. The molecule has 10 heteroatoms. The lowest BCUT2D eigenvalue weighted by atomic mass is 10.1. The summed E-state index contributed by atoms with van der Waals surface area (Å²) in [5, 5.41) is 13.6. The van der Waals surface area contributed by atoms with Crippen molar-refractivity contribution in [2.75, 3.05) is 26.4 Å². The van der Waals surface area contributed by atoms with E-state index < -0.39 is 35.3 Å². The Bertz CT molecular complexity index is 1100. The van der Waals surface area contributed by atoms with Gasteiger partial charge in [0.15, 0.2) is 17.7 Å². The fourth-order valence-corrected chi connectivity index (χ4v) is 3.96. The minimum Gasteiger partial charge on any atom is -0.487 e. The number of hydrogen-bond donors (Lipinski definition) is 2. The van der Waals surface area contributed by atoms with Gasteiger partial charge >= 0.3 is 0 Å². The molecule has 33 heavy (non-hydrogen) atoms. The number of halogens is 1. The zero-order chi connectivity index (χ0) is 23.5. The molecule has 9 nitrogen and oxygen atoms in total.